The molecule has 1 spiro atoms. The highest BCUT2D eigenvalue weighted by atomic mass is 16.3. The van der Waals surface area contributed by atoms with E-state index < -0.39 is 0 Å². The van der Waals surface area contributed by atoms with E-state index in [4.69, 9.17) is 0 Å². The first-order valence-corrected chi connectivity index (χ1v) is 8.93. The molecule has 0 unspecified atom stereocenters. The van der Waals surface area contributed by atoms with Gasteiger partial charge >= 0.3 is 0 Å². The molecule has 136 valence electrons. The molecule has 2 fully saturated rings. The van der Waals surface area contributed by atoms with Crippen LogP contribution in [0.4, 0.5) is 0 Å². The first kappa shape index (κ1) is 17.8. The third-order valence-electron chi connectivity index (χ3n) is 5.91. The second-order valence-electron chi connectivity index (χ2n) is 7.21. The molecule has 0 radical (unpaired) electrons. The summed E-state index contributed by atoms with van der Waals surface area (Å²) in [5.41, 5.74) is 0.715. The topological polar surface area (TPSA) is 86.6 Å². The van der Waals surface area contributed by atoms with Gasteiger partial charge in [0.2, 0.25) is 11.8 Å². The van der Waals surface area contributed by atoms with Gasteiger partial charge in [-0.15, -0.1) is 0 Å². The monoisotopic (exact) mass is 346 g/mol. The number of hydrogen-bond donors (Lipinski definition) is 1. The van der Waals surface area contributed by atoms with Crippen molar-refractivity contribution in [3.63, 3.8) is 0 Å². The number of carbonyl (C=O) groups is 2. The van der Waals surface area contributed by atoms with Crippen molar-refractivity contribution in [3.8, 4) is 0 Å². The Balaban J connectivity index is 1.62. The lowest BCUT2D eigenvalue weighted by molar-refractivity contribution is -0.139. The van der Waals surface area contributed by atoms with E-state index in [0.29, 0.717) is 18.8 Å². The van der Waals surface area contributed by atoms with Crippen molar-refractivity contribution in [2.24, 2.45) is 11.3 Å². The van der Waals surface area contributed by atoms with Crippen LogP contribution in [0.25, 0.3) is 0 Å². The highest BCUT2D eigenvalue weighted by molar-refractivity contribution is 5.78. The fourth-order valence-corrected chi connectivity index (χ4v) is 4.20. The number of hydrogen-bond acceptors (Lipinski definition) is 5. The molecule has 1 aromatic rings. The standard InChI is InChI=1S/C18H26N4O3/c1-14(24)21-7-2-18(3-8-21)4-9-22(12-15(18)13-23)17(25)10-16-11-19-5-6-20-16/h5-6,11,15,23H,2-4,7-10,12-13H2,1H3/t15-/m1/s1. The van der Waals surface area contributed by atoms with Crippen molar-refractivity contribution in [1.82, 2.24) is 19.8 Å². The molecule has 2 saturated heterocycles. The van der Waals surface area contributed by atoms with Crippen molar-refractivity contribution in [1.29, 1.82) is 0 Å². The lowest BCUT2D eigenvalue weighted by atomic mass is 9.64. The summed E-state index contributed by atoms with van der Waals surface area (Å²) in [6.07, 6.45) is 7.74. The molecular weight excluding hydrogens is 320 g/mol. The lowest BCUT2D eigenvalue weighted by Gasteiger charge is -2.51. The molecule has 0 aromatic carbocycles. The molecule has 2 amide bonds. The molecule has 7 heteroatoms. The Labute approximate surface area is 148 Å². The van der Waals surface area contributed by atoms with Crippen LogP contribution in [0.2, 0.25) is 0 Å². The van der Waals surface area contributed by atoms with E-state index in [2.05, 4.69) is 9.97 Å². The van der Waals surface area contributed by atoms with Gasteiger partial charge in [-0.2, -0.15) is 0 Å². The molecular formula is C18H26N4O3. The van der Waals surface area contributed by atoms with Crippen LogP contribution in [0.5, 0.6) is 0 Å². The van der Waals surface area contributed by atoms with Gasteiger partial charge in [0.15, 0.2) is 0 Å². The Hall–Kier alpha value is -2.02. The second kappa shape index (κ2) is 7.47. The highest BCUT2D eigenvalue weighted by Crippen LogP contribution is 2.45. The number of carbonyl (C=O) groups excluding carboxylic acids is 2. The van der Waals surface area contributed by atoms with Gasteiger partial charge in [0.05, 0.1) is 12.1 Å². The molecule has 2 aliphatic heterocycles. The molecule has 2 aliphatic rings. The van der Waals surface area contributed by atoms with Gasteiger partial charge in [-0.05, 0) is 24.7 Å². The van der Waals surface area contributed by atoms with E-state index in [0.717, 1.165) is 32.4 Å². The summed E-state index contributed by atoms with van der Waals surface area (Å²) >= 11 is 0. The SMILES string of the molecule is CC(=O)N1CCC2(CC1)CCN(C(=O)Cc1cnccn1)C[C@@H]2CO. The number of piperidine rings is 2. The molecule has 1 aromatic heterocycles. The summed E-state index contributed by atoms with van der Waals surface area (Å²) in [5.74, 6) is 0.225. The average molecular weight is 346 g/mol. The maximum Gasteiger partial charge on any atom is 0.228 e. The number of aliphatic hydroxyl groups is 1. The van der Waals surface area contributed by atoms with E-state index in [1.807, 2.05) is 9.80 Å². The maximum absolute atomic E-state index is 12.6. The summed E-state index contributed by atoms with van der Waals surface area (Å²) in [6.45, 7) is 4.47. The summed E-state index contributed by atoms with van der Waals surface area (Å²) in [7, 11) is 0. The molecule has 25 heavy (non-hydrogen) atoms. The summed E-state index contributed by atoms with van der Waals surface area (Å²) in [4.78, 5) is 36.0. The fourth-order valence-electron chi connectivity index (χ4n) is 4.20. The van der Waals surface area contributed by atoms with Crippen LogP contribution < -0.4 is 0 Å². The van der Waals surface area contributed by atoms with Crippen LogP contribution in [0.3, 0.4) is 0 Å². The number of amides is 2. The van der Waals surface area contributed by atoms with Gasteiger partial charge in [-0.3, -0.25) is 19.6 Å². The van der Waals surface area contributed by atoms with E-state index in [9.17, 15) is 14.7 Å². The molecule has 3 rings (SSSR count). The minimum Gasteiger partial charge on any atom is -0.396 e. The predicted molar refractivity (Wildman–Crippen MR) is 91.4 cm³/mol. The van der Waals surface area contributed by atoms with Crippen molar-refractivity contribution in [3.05, 3.63) is 24.3 Å². The average Bonchev–Trinajstić information content (AvgIpc) is 2.63. The van der Waals surface area contributed by atoms with Crippen LogP contribution in [0.15, 0.2) is 18.6 Å². The Morgan fingerprint density at radius 2 is 1.88 bits per heavy atom. The zero-order valence-corrected chi connectivity index (χ0v) is 14.7. The first-order chi connectivity index (χ1) is 12.0. The number of likely N-dealkylation sites (tertiary alicyclic amines) is 2. The zero-order valence-electron chi connectivity index (χ0n) is 14.7. The fraction of sp³-hybridized carbons (Fsp3) is 0.667. The largest absolute Gasteiger partial charge is 0.396 e. The number of nitrogens with zero attached hydrogens (tertiary/aromatic N) is 4. The Morgan fingerprint density at radius 3 is 2.44 bits per heavy atom. The minimum absolute atomic E-state index is 0.0370. The first-order valence-electron chi connectivity index (χ1n) is 8.93. The third kappa shape index (κ3) is 3.81. The summed E-state index contributed by atoms with van der Waals surface area (Å²) in [5, 5.41) is 9.93. The maximum atomic E-state index is 12.6. The van der Waals surface area contributed by atoms with Gasteiger partial charge in [0, 0.05) is 64.2 Å². The number of aromatic nitrogens is 2. The van der Waals surface area contributed by atoms with E-state index in [1.165, 1.54) is 0 Å². The second-order valence-corrected chi connectivity index (χ2v) is 7.21. The lowest BCUT2D eigenvalue weighted by Crippen LogP contribution is -2.55. The highest BCUT2D eigenvalue weighted by Gasteiger charge is 2.45. The molecule has 1 atom stereocenters. The van der Waals surface area contributed by atoms with Gasteiger partial charge < -0.3 is 14.9 Å². The summed E-state index contributed by atoms with van der Waals surface area (Å²) in [6, 6.07) is 0. The van der Waals surface area contributed by atoms with E-state index in [-0.39, 0.29) is 36.2 Å². The van der Waals surface area contributed by atoms with Gasteiger partial charge in [-0.1, -0.05) is 0 Å². The quantitative estimate of drug-likeness (QED) is 0.861. The van der Waals surface area contributed by atoms with Crippen LogP contribution >= 0.6 is 0 Å². The van der Waals surface area contributed by atoms with Crippen molar-refractivity contribution >= 4 is 11.8 Å². The van der Waals surface area contributed by atoms with E-state index >= 15 is 0 Å². The van der Waals surface area contributed by atoms with Gasteiger partial charge in [0.1, 0.15) is 0 Å². The van der Waals surface area contributed by atoms with Crippen LogP contribution in [0.1, 0.15) is 31.9 Å². The Morgan fingerprint density at radius 1 is 1.20 bits per heavy atom. The molecule has 1 N–H and O–H groups in total. The molecule has 0 saturated carbocycles. The number of aliphatic hydroxyl groups excluding tert-OH is 1. The van der Waals surface area contributed by atoms with Crippen LogP contribution in [-0.2, 0) is 16.0 Å². The predicted octanol–water partition coefficient (Wildman–Crippen LogP) is 0.489. The smallest absolute Gasteiger partial charge is 0.228 e. The zero-order chi connectivity index (χ0) is 17.9. The molecule has 7 nitrogen and oxygen atoms in total. The molecule has 0 bridgehead atoms. The van der Waals surface area contributed by atoms with Crippen molar-refractivity contribution < 1.29 is 14.7 Å². The van der Waals surface area contributed by atoms with Crippen LogP contribution in [0, 0.1) is 11.3 Å². The van der Waals surface area contributed by atoms with E-state index in [1.54, 1.807) is 25.5 Å². The third-order valence-corrected chi connectivity index (χ3v) is 5.91. The van der Waals surface area contributed by atoms with Crippen molar-refractivity contribution in [2.45, 2.75) is 32.6 Å². The normalized spacial score (nSPS) is 22.9. The Bertz CT molecular complexity index is 614. The summed E-state index contributed by atoms with van der Waals surface area (Å²) < 4.78 is 0. The number of rotatable bonds is 3. The van der Waals surface area contributed by atoms with Crippen LogP contribution in [-0.4, -0.2) is 69.5 Å². The van der Waals surface area contributed by atoms with Crippen molar-refractivity contribution in [2.75, 3.05) is 32.8 Å². The molecule has 0 aliphatic carbocycles. The van der Waals surface area contributed by atoms with Gasteiger partial charge in [-0.25, -0.2) is 0 Å². The minimum atomic E-state index is 0.0370. The van der Waals surface area contributed by atoms with Gasteiger partial charge in [0.25, 0.3) is 0 Å². The molecule has 3 heterocycles. The Kier molecular flexibility index (Phi) is 5.32.